The Balaban J connectivity index is 1.56. The van der Waals surface area contributed by atoms with Crippen LogP contribution in [0.3, 0.4) is 0 Å². The second-order valence-corrected chi connectivity index (χ2v) is 9.64. The van der Waals surface area contributed by atoms with Gasteiger partial charge in [0.2, 0.25) is 0 Å². The van der Waals surface area contributed by atoms with Gasteiger partial charge in [-0.2, -0.15) is 0 Å². The number of aromatic nitrogens is 3. The molecule has 3 heterocycles. The van der Waals surface area contributed by atoms with E-state index in [-0.39, 0.29) is 10.6 Å². The van der Waals surface area contributed by atoms with Crippen LogP contribution in [0, 0.1) is 5.82 Å². The third kappa shape index (κ3) is 6.08. The van der Waals surface area contributed by atoms with Crippen molar-refractivity contribution in [3.8, 4) is 22.8 Å². The molecule has 0 saturated carbocycles. The summed E-state index contributed by atoms with van der Waals surface area (Å²) in [7, 11) is 0. The first-order valence-corrected chi connectivity index (χ1v) is 13.6. The van der Waals surface area contributed by atoms with Crippen LogP contribution < -0.4 is 20.5 Å². The van der Waals surface area contributed by atoms with Crippen LogP contribution in [0.5, 0.6) is 11.5 Å². The second-order valence-electron chi connectivity index (χ2n) is 8.78. The summed E-state index contributed by atoms with van der Waals surface area (Å²) in [4.78, 5) is 27.6. The number of nitrogens with one attached hydrogen (secondary N) is 1. The molecular formula is C27H29FN6O4S. The molecule has 1 aliphatic rings. The lowest BCUT2D eigenvalue weighted by atomic mass is 10.1. The number of morpholine rings is 1. The molecule has 0 radical (unpaired) electrons. The minimum atomic E-state index is -0.655. The highest BCUT2D eigenvalue weighted by molar-refractivity contribution is 7.12. The van der Waals surface area contributed by atoms with Gasteiger partial charge >= 0.3 is 0 Å². The van der Waals surface area contributed by atoms with Crippen molar-refractivity contribution < 1.29 is 23.4 Å². The Labute approximate surface area is 228 Å². The second kappa shape index (κ2) is 11.9. The third-order valence-corrected chi connectivity index (χ3v) is 6.95. The molecule has 1 aliphatic heterocycles. The smallest absolute Gasteiger partial charge is 0.277 e. The standard InChI is InChI=1S/C27H29FN6O4S/c1-3-37-22-12-18-20(13-23(22)38-4-2)31-24(14-34-7-9-36-10-8-34)33-26(18)30-16-5-6-19(28)17(11-16)21-15-39-27(32-21)25(29)35/h5-6,11-13,15H,3-4,7-10,14H2,1-2H3,(H2,29,35)(H,30,31,33). The molecule has 0 unspecified atom stereocenters. The van der Waals surface area contributed by atoms with Crippen LogP contribution in [0.1, 0.15) is 29.5 Å². The number of rotatable bonds is 10. The van der Waals surface area contributed by atoms with E-state index in [2.05, 4.69) is 15.2 Å². The van der Waals surface area contributed by atoms with Gasteiger partial charge in [-0.1, -0.05) is 0 Å². The van der Waals surface area contributed by atoms with Crippen molar-refractivity contribution in [2.45, 2.75) is 20.4 Å². The monoisotopic (exact) mass is 552 g/mol. The van der Waals surface area contributed by atoms with E-state index in [9.17, 15) is 9.18 Å². The molecule has 1 fully saturated rings. The van der Waals surface area contributed by atoms with Crippen LogP contribution >= 0.6 is 11.3 Å². The first kappa shape index (κ1) is 26.7. The predicted octanol–water partition coefficient (Wildman–Crippen LogP) is 4.36. The average molecular weight is 553 g/mol. The number of fused-ring (bicyclic) bond motifs is 1. The summed E-state index contributed by atoms with van der Waals surface area (Å²) in [6, 6.07) is 8.30. The van der Waals surface area contributed by atoms with E-state index < -0.39 is 11.7 Å². The van der Waals surface area contributed by atoms with Gasteiger partial charge in [0.05, 0.1) is 44.2 Å². The lowest BCUT2D eigenvalue weighted by Crippen LogP contribution is -2.36. The van der Waals surface area contributed by atoms with Gasteiger partial charge in [-0.15, -0.1) is 11.3 Å². The number of nitrogens with zero attached hydrogens (tertiary/aromatic N) is 4. The third-order valence-electron chi connectivity index (χ3n) is 6.10. The van der Waals surface area contributed by atoms with Crippen molar-refractivity contribution in [1.29, 1.82) is 0 Å². The highest BCUT2D eigenvalue weighted by Gasteiger charge is 2.19. The van der Waals surface area contributed by atoms with Crippen molar-refractivity contribution in [3.05, 3.63) is 52.4 Å². The first-order chi connectivity index (χ1) is 18.9. The Kier molecular flexibility index (Phi) is 8.15. The number of halogens is 1. The molecule has 2 aromatic carbocycles. The zero-order valence-corrected chi connectivity index (χ0v) is 22.5. The van der Waals surface area contributed by atoms with Gasteiger partial charge in [-0.25, -0.2) is 19.3 Å². The number of benzene rings is 2. The number of hydrogen-bond donors (Lipinski definition) is 2. The maximum Gasteiger partial charge on any atom is 0.277 e. The summed E-state index contributed by atoms with van der Waals surface area (Å²) < 4.78 is 31.9. The Bertz CT molecular complexity index is 1490. The summed E-state index contributed by atoms with van der Waals surface area (Å²) in [5.74, 6) is 1.24. The highest BCUT2D eigenvalue weighted by atomic mass is 32.1. The number of thiazole rings is 1. The fraction of sp³-hybridized carbons (Fsp3) is 0.333. The van der Waals surface area contributed by atoms with Gasteiger partial charge in [-0.05, 0) is 38.1 Å². The van der Waals surface area contributed by atoms with Gasteiger partial charge in [0, 0.05) is 41.2 Å². The van der Waals surface area contributed by atoms with Crippen molar-refractivity contribution in [2.75, 3.05) is 44.8 Å². The number of primary amides is 1. The van der Waals surface area contributed by atoms with Crippen LogP contribution in [-0.2, 0) is 11.3 Å². The van der Waals surface area contributed by atoms with Gasteiger partial charge in [0.25, 0.3) is 5.91 Å². The zero-order valence-electron chi connectivity index (χ0n) is 21.7. The van der Waals surface area contributed by atoms with Gasteiger partial charge in [0.1, 0.15) is 17.5 Å². The summed E-state index contributed by atoms with van der Waals surface area (Å²) in [6.07, 6.45) is 0. The summed E-state index contributed by atoms with van der Waals surface area (Å²) in [6.45, 7) is 8.23. The average Bonchev–Trinajstić information content (AvgIpc) is 3.42. The predicted molar refractivity (Wildman–Crippen MR) is 147 cm³/mol. The number of ether oxygens (including phenoxy) is 3. The van der Waals surface area contributed by atoms with E-state index in [1.165, 1.54) is 6.07 Å². The van der Waals surface area contributed by atoms with Crippen LogP contribution in [0.4, 0.5) is 15.9 Å². The van der Waals surface area contributed by atoms with Crippen LogP contribution in [-0.4, -0.2) is 65.3 Å². The molecule has 4 aromatic rings. The number of hydrogen-bond acceptors (Lipinski definition) is 10. The van der Waals surface area contributed by atoms with Gasteiger partial charge < -0.3 is 25.3 Å². The molecule has 0 atom stereocenters. The van der Waals surface area contributed by atoms with E-state index in [0.29, 0.717) is 73.0 Å². The molecule has 204 valence electrons. The molecule has 12 heteroatoms. The lowest BCUT2D eigenvalue weighted by Gasteiger charge is -2.26. The molecule has 1 amide bonds. The van der Waals surface area contributed by atoms with E-state index in [4.69, 9.17) is 29.9 Å². The number of anilines is 2. The molecule has 39 heavy (non-hydrogen) atoms. The quantitative estimate of drug-likeness (QED) is 0.295. The summed E-state index contributed by atoms with van der Waals surface area (Å²) in [5.41, 5.74) is 7.18. The van der Waals surface area contributed by atoms with E-state index in [0.717, 1.165) is 29.8 Å². The molecule has 10 nitrogen and oxygen atoms in total. The molecule has 1 saturated heterocycles. The Hall–Kier alpha value is -3.87. The van der Waals surface area contributed by atoms with Gasteiger partial charge in [0.15, 0.2) is 16.5 Å². The van der Waals surface area contributed by atoms with Crippen molar-refractivity contribution in [2.24, 2.45) is 5.73 Å². The summed E-state index contributed by atoms with van der Waals surface area (Å²) in [5, 5.41) is 5.78. The van der Waals surface area contributed by atoms with E-state index in [1.54, 1.807) is 17.5 Å². The fourth-order valence-corrected chi connectivity index (χ4v) is 4.96. The molecule has 0 spiro atoms. The maximum atomic E-state index is 14.8. The molecule has 5 rings (SSSR count). The van der Waals surface area contributed by atoms with Crippen molar-refractivity contribution >= 4 is 39.7 Å². The largest absolute Gasteiger partial charge is 0.490 e. The molecular weight excluding hydrogens is 523 g/mol. The maximum absolute atomic E-state index is 14.8. The number of amides is 1. The lowest BCUT2D eigenvalue weighted by molar-refractivity contribution is 0.0331. The Morgan fingerprint density at radius 1 is 1.10 bits per heavy atom. The topological polar surface area (TPSA) is 125 Å². The molecule has 3 N–H and O–H groups in total. The van der Waals surface area contributed by atoms with Crippen LogP contribution in [0.15, 0.2) is 35.7 Å². The molecule has 0 aliphatic carbocycles. The normalized spacial score (nSPS) is 13.9. The van der Waals surface area contributed by atoms with Crippen molar-refractivity contribution in [3.63, 3.8) is 0 Å². The first-order valence-electron chi connectivity index (χ1n) is 12.7. The van der Waals surface area contributed by atoms with Crippen LogP contribution in [0.2, 0.25) is 0 Å². The molecule has 2 aromatic heterocycles. The van der Waals surface area contributed by atoms with E-state index in [1.807, 2.05) is 26.0 Å². The zero-order chi connectivity index (χ0) is 27.4. The SMILES string of the molecule is CCOc1cc2nc(CN3CCOCC3)nc(Nc3ccc(F)c(-c4csc(C(N)=O)n4)c3)c2cc1OCC. The minimum absolute atomic E-state index is 0.117. The minimum Gasteiger partial charge on any atom is -0.490 e. The molecule has 0 bridgehead atoms. The van der Waals surface area contributed by atoms with Crippen LogP contribution in [0.25, 0.3) is 22.2 Å². The number of carbonyl (C=O) groups is 1. The Morgan fingerprint density at radius 3 is 2.54 bits per heavy atom. The van der Waals surface area contributed by atoms with E-state index >= 15 is 0 Å². The van der Waals surface area contributed by atoms with Gasteiger partial charge in [-0.3, -0.25) is 9.69 Å². The van der Waals surface area contributed by atoms with Crippen molar-refractivity contribution in [1.82, 2.24) is 19.9 Å². The summed E-state index contributed by atoms with van der Waals surface area (Å²) >= 11 is 1.07. The highest BCUT2D eigenvalue weighted by Crippen LogP contribution is 2.36. The number of nitrogens with two attached hydrogens (primary N) is 1. The fourth-order valence-electron chi connectivity index (χ4n) is 4.29. The Morgan fingerprint density at radius 2 is 1.85 bits per heavy atom. The number of carbonyl (C=O) groups excluding carboxylic acids is 1.